The van der Waals surface area contributed by atoms with Crippen molar-refractivity contribution in [3.63, 3.8) is 0 Å². The summed E-state index contributed by atoms with van der Waals surface area (Å²) in [5.74, 6) is 1.47. The van der Waals surface area contributed by atoms with Crippen LogP contribution in [0.2, 0.25) is 0 Å². The maximum atomic E-state index is 4.14. The molecule has 0 amide bonds. The fourth-order valence-corrected chi connectivity index (χ4v) is 2.72. The van der Waals surface area contributed by atoms with Crippen LogP contribution in [-0.4, -0.2) is 40.4 Å². The van der Waals surface area contributed by atoms with Gasteiger partial charge >= 0.3 is 0 Å². The lowest BCUT2D eigenvalue weighted by Crippen LogP contribution is -2.11. The third kappa shape index (κ3) is 2.75. The van der Waals surface area contributed by atoms with Crippen molar-refractivity contribution in [2.75, 3.05) is 0 Å². The second-order valence-corrected chi connectivity index (χ2v) is 5.42. The molecule has 0 bridgehead atoms. The second-order valence-electron chi connectivity index (χ2n) is 5.42. The van der Waals surface area contributed by atoms with Crippen LogP contribution in [-0.2, 0) is 6.42 Å². The first-order valence-electron chi connectivity index (χ1n) is 7.69. The lowest BCUT2D eigenvalue weighted by molar-refractivity contribution is 0.736. The van der Waals surface area contributed by atoms with Gasteiger partial charge in [0.05, 0.1) is 12.1 Å². The molecule has 0 saturated heterocycles. The van der Waals surface area contributed by atoms with Gasteiger partial charge in [-0.25, -0.2) is 4.68 Å². The summed E-state index contributed by atoms with van der Waals surface area (Å²) in [6, 6.07) is 0. The second kappa shape index (κ2) is 6.07. The maximum Gasteiger partial charge on any atom is 0.164 e. The maximum absolute atomic E-state index is 4.14. The molecule has 0 atom stereocenters. The Labute approximate surface area is 132 Å². The minimum absolute atomic E-state index is 0.478. The average Bonchev–Trinajstić information content (AvgIpc) is 3.26. The first kappa shape index (κ1) is 13.7. The van der Waals surface area contributed by atoms with Crippen LogP contribution in [0.3, 0.4) is 0 Å². The Balaban J connectivity index is 1.63. The molecule has 2 aromatic rings. The quantitative estimate of drug-likeness (QED) is 0.853. The molecule has 0 saturated carbocycles. The first-order chi connectivity index (χ1) is 11.4. The molecule has 23 heavy (non-hydrogen) atoms. The van der Waals surface area contributed by atoms with Crippen molar-refractivity contribution in [2.24, 2.45) is 0 Å². The minimum Gasteiger partial charge on any atom is -0.201 e. The molecular weight excluding hydrogens is 292 g/mol. The Kier molecular flexibility index (Phi) is 3.63. The largest absolute Gasteiger partial charge is 0.201 e. The summed E-state index contributed by atoms with van der Waals surface area (Å²) in [4.78, 5) is 0. The van der Waals surface area contributed by atoms with Crippen molar-refractivity contribution < 1.29 is 0 Å². The molecule has 8 heteroatoms. The topological polar surface area (TPSA) is 87.2 Å². The number of allylic oxidation sites excluding steroid dienone is 8. The van der Waals surface area contributed by atoms with E-state index in [4.69, 9.17) is 0 Å². The number of hydrogen-bond donors (Lipinski definition) is 0. The van der Waals surface area contributed by atoms with Gasteiger partial charge in [0, 0.05) is 5.70 Å². The van der Waals surface area contributed by atoms with Crippen LogP contribution in [0.1, 0.15) is 37.3 Å². The molecule has 116 valence electrons. The summed E-state index contributed by atoms with van der Waals surface area (Å²) in [6.45, 7) is 0. The summed E-state index contributed by atoms with van der Waals surface area (Å²) in [5, 5.41) is 24.1. The van der Waals surface area contributed by atoms with Gasteiger partial charge in [0.25, 0.3) is 0 Å². The van der Waals surface area contributed by atoms with Crippen LogP contribution in [0.15, 0.2) is 36.5 Å². The molecule has 8 nitrogen and oxygen atoms in total. The van der Waals surface area contributed by atoms with E-state index in [1.54, 1.807) is 9.36 Å². The highest BCUT2D eigenvalue weighted by atomic mass is 15.6. The fraction of sp³-hybridized carbons (Fsp3) is 0.333. The highest BCUT2D eigenvalue weighted by molar-refractivity contribution is 5.57. The van der Waals surface area contributed by atoms with Crippen molar-refractivity contribution in [3.05, 3.63) is 48.1 Å². The van der Waals surface area contributed by atoms with E-state index in [2.05, 4.69) is 49.3 Å². The molecule has 0 radical (unpaired) electrons. The summed E-state index contributed by atoms with van der Waals surface area (Å²) < 4.78 is 3.54. The van der Waals surface area contributed by atoms with E-state index in [-0.39, 0.29) is 0 Å². The van der Waals surface area contributed by atoms with Crippen molar-refractivity contribution in [1.29, 1.82) is 0 Å². The van der Waals surface area contributed by atoms with Crippen molar-refractivity contribution in [3.8, 4) is 0 Å². The van der Waals surface area contributed by atoms with Crippen LogP contribution in [0.4, 0.5) is 0 Å². The zero-order valence-electron chi connectivity index (χ0n) is 12.6. The molecule has 2 aromatic heterocycles. The zero-order chi connectivity index (χ0) is 15.5. The normalized spacial score (nSPS) is 17.2. The number of rotatable bonds is 4. The van der Waals surface area contributed by atoms with Crippen molar-refractivity contribution in [2.45, 2.75) is 32.1 Å². The monoisotopic (exact) mass is 308 g/mol. The van der Waals surface area contributed by atoms with E-state index in [9.17, 15) is 0 Å². The van der Waals surface area contributed by atoms with Gasteiger partial charge in [0.1, 0.15) is 0 Å². The summed E-state index contributed by atoms with van der Waals surface area (Å²) >= 11 is 0. The lowest BCUT2D eigenvalue weighted by Gasteiger charge is -2.11. The van der Waals surface area contributed by atoms with Gasteiger partial charge < -0.3 is 0 Å². The van der Waals surface area contributed by atoms with E-state index in [1.165, 1.54) is 0 Å². The van der Waals surface area contributed by atoms with Crippen LogP contribution in [0.5, 0.6) is 0 Å². The fourth-order valence-electron chi connectivity index (χ4n) is 2.72. The van der Waals surface area contributed by atoms with Gasteiger partial charge in [0.15, 0.2) is 11.6 Å². The Morgan fingerprint density at radius 3 is 2.48 bits per heavy atom. The number of tetrazole rings is 2. The molecule has 2 heterocycles. The Morgan fingerprint density at radius 2 is 1.74 bits per heavy atom. The molecule has 0 fully saturated rings. The summed E-state index contributed by atoms with van der Waals surface area (Å²) in [7, 11) is 0. The van der Waals surface area contributed by atoms with Crippen LogP contribution < -0.4 is 0 Å². The molecule has 4 rings (SSSR count). The van der Waals surface area contributed by atoms with Gasteiger partial charge in [-0.05, 0) is 58.7 Å². The predicted octanol–water partition coefficient (Wildman–Crippen LogP) is 1.63. The number of aromatic nitrogens is 8. The number of hydrogen-bond acceptors (Lipinski definition) is 6. The van der Waals surface area contributed by atoms with E-state index in [0.29, 0.717) is 6.42 Å². The Bertz CT molecular complexity index is 820. The lowest BCUT2D eigenvalue weighted by atomic mass is 10.1. The van der Waals surface area contributed by atoms with Gasteiger partial charge in [-0.3, -0.25) is 0 Å². The van der Waals surface area contributed by atoms with Gasteiger partial charge in [0.2, 0.25) is 0 Å². The van der Waals surface area contributed by atoms with Gasteiger partial charge in [-0.1, -0.05) is 24.3 Å². The Hall–Kier alpha value is -2.90. The molecule has 0 spiro atoms. The molecule has 0 N–H and O–H groups in total. The highest BCUT2D eigenvalue weighted by Gasteiger charge is 2.17. The van der Waals surface area contributed by atoms with E-state index in [0.717, 1.165) is 48.7 Å². The minimum atomic E-state index is 0.478. The number of nitrogens with zero attached hydrogens (tertiary/aromatic N) is 8. The molecule has 2 aliphatic carbocycles. The molecular formula is C15H16N8. The smallest absolute Gasteiger partial charge is 0.164 e. The van der Waals surface area contributed by atoms with Crippen LogP contribution in [0.25, 0.3) is 11.4 Å². The first-order valence-corrected chi connectivity index (χ1v) is 7.69. The highest BCUT2D eigenvalue weighted by Crippen LogP contribution is 2.19. The molecule has 0 aromatic carbocycles. The predicted molar refractivity (Wildman–Crippen MR) is 83.7 cm³/mol. The molecule has 0 unspecified atom stereocenters. The molecule has 2 aliphatic rings. The third-order valence-corrected chi connectivity index (χ3v) is 3.87. The van der Waals surface area contributed by atoms with E-state index in [1.807, 2.05) is 18.2 Å². The standard InChI is InChI=1S/C15H16N8/c1-3-7-12(8-4-1)22-14(16-18-20-22)11-15-17-19-21-23(15)13-9-5-2-6-10-13/h1,3,5,7,9-10H,2,4,6,8,11H2. The van der Waals surface area contributed by atoms with Crippen molar-refractivity contribution in [1.82, 2.24) is 40.4 Å². The summed E-state index contributed by atoms with van der Waals surface area (Å²) in [6.07, 6.45) is 17.0. The molecule has 0 aliphatic heterocycles. The van der Waals surface area contributed by atoms with Crippen LogP contribution >= 0.6 is 0 Å². The van der Waals surface area contributed by atoms with Crippen LogP contribution in [0, 0.1) is 0 Å². The SMILES string of the molecule is C1=CCCC(n2nnnc2Cc2nnnn2C2=CCCC=C2)=C1. The van der Waals surface area contributed by atoms with Crippen molar-refractivity contribution >= 4 is 11.4 Å². The zero-order valence-corrected chi connectivity index (χ0v) is 12.6. The third-order valence-electron chi connectivity index (χ3n) is 3.87. The average molecular weight is 308 g/mol. The van der Waals surface area contributed by atoms with E-state index >= 15 is 0 Å². The van der Waals surface area contributed by atoms with Gasteiger partial charge in [-0.15, -0.1) is 10.2 Å². The van der Waals surface area contributed by atoms with E-state index < -0.39 is 0 Å². The summed E-state index contributed by atoms with van der Waals surface area (Å²) in [5.41, 5.74) is 2.08. The Morgan fingerprint density at radius 1 is 0.913 bits per heavy atom. The van der Waals surface area contributed by atoms with Gasteiger partial charge in [-0.2, -0.15) is 4.68 Å².